The van der Waals surface area contributed by atoms with E-state index in [9.17, 15) is 24.1 Å². The van der Waals surface area contributed by atoms with Crippen LogP contribution in [-0.2, 0) is 6.54 Å². The number of para-hydroxylation sites is 1. The summed E-state index contributed by atoms with van der Waals surface area (Å²) in [6, 6.07) is 11.3. The summed E-state index contributed by atoms with van der Waals surface area (Å²) < 4.78 is 29.2. The Balaban J connectivity index is 1.55. The lowest BCUT2D eigenvalue weighted by atomic mass is 10.0. The Morgan fingerprint density at radius 1 is 1.08 bits per heavy atom. The number of benzene rings is 2. The maximum atomic E-state index is 14.1. The summed E-state index contributed by atoms with van der Waals surface area (Å²) in [4.78, 5) is 13.7. The third-order valence-corrected chi connectivity index (χ3v) is 7.54. The van der Waals surface area contributed by atoms with Crippen LogP contribution in [0.15, 0.2) is 42.5 Å². The second kappa shape index (κ2) is 9.66. The van der Waals surface area contributed by atoms with Gasteiger partial charge >= 0.3 is 0 Å². The maximum absolute atomic E-state index is 14.1. The van der Waals surface area contributed by atoms with E-state index in [1.165, 1.54) is 29.5 Å². The van der Waals surface area contributed by atoms with Crippen molar-refractivity contribution < 1.29 is 24.1 Å². The fourth-order valence-electron chi connectivity index (χ4n) is 4.48. The fraction of sp³-hybridized carbons (Fsp3) is 0.320. The van der Waals surface area contributed by atoms with Crippen molar-refractivity contribution in [3.8, 4) is 10.6 Å². The van der Waals surface area contributed by atoms with E-state index >= 15 is 0 Å². The molecule has 11 heteroatoms. The Bertz CT molecular complexity index is 1360. The number of fused-ring (bicyclic) bond motifs is 1. The fourth-order valence-corrected chi connectivity index (χ4v) is 5.54. The molecular weight excluding hydrogens is 488 g/mol. The van der Waals surface area contributed by atoms with Crippen molar-refractivity contribution in [1.29, 1.82) is 0 Å². The first-order valence-electron chi connectivity index (χ1n) is 11.5. The highest BCUT2D eigenvalue weighted by Gasteiger charge is 2.47. The Morgan fingerprint density at radius 3 is 2.53 bits per heavy atom. The molecule has 5 N–H and O–H groups in total. The molecule has 0 bridgehead atoms. The van der Waals surface area contributed by atoms with Crippen LogP contribution in [0.5, 0.6) is 0 Å². The number of hydrogen-bond acceptors (Lipinski definition) is 9. The highest BCUT2D eigenvalue weighted by Crippen LogP contribution is 2.40. The predicted octanol–water partition coefficient (Wildman–Crippen LogP) is 3.82. The highest BCUT2D eigenvalue weighted by atomic mass is 32.1. The predicted molar refractivity (Wildman–Crippen MR) is 133 cm³/mol. The van der Waals surface area contributed by atoms with Crippen molar-refractivity contribution in [1.82, 2.24) is 15.0 Å². The monoisotopic (exact) mass is 513 g/mol. The molecule has 1 aliphatic carbocycles. The third kappa shape index (κ3) is 4.50. The molecule has 1 saturated carbocycles. The van der Waals surface area contributed by atoms with E-state index in [1.54, 1.807) is 6.92 Å². The van der Waals surface area contributed by atoms with Crippen molar-refractivity contribution in [2.75, 3.05) is 17.2 Å². The summed E-state index contributed by atoms with van der Waals surface area (Å²) in [5.74, 6) is -1.59. The number of aryl methyl sites for hydroxylation is 1. The lowest BCUT2D eigenvalue weighted by Crippen LogP contribution is -2.48. The molecule has 3 unspecified atom stereocenters. The highest BCUT2D eigenvalue weighted by molar-refractivity contribution is 7.21. The Kier molecular flexibility index (Phi) is 6.56. The van der Waals surface area contributed by atoms with Gasteiger partial charge in [0.2, 0.25) is 5.95 Å². The average molecular weight is 514 g/mol. The van der Waals surface area contributed by atoms with E-state index in [0.717, 1.165) is 10.2 Å². The van der Waals surface area contributed by atoms with E-state index in [4.69, 9.17) is 4.98 Å². The number of nitrogens with zero attached hydrogens (tertiary/aromatic N) is 3. The lowest BCUT2D eigenvalue weighted by molar-refractivity contribution is -0.0545. The van der Waals surface area contributed by atoms with Crippen molar-refractivity contribution in [2.24, 2.45) is 5.92 Å². The lowest BCUT2D eigenvalue weighted by Gasteiger charge is -2.31. The first-order valence-corrected chi connectivity index (χ1v) is 12.3. The van der Waals surface area contributed by atoms with Gasteiger partial charge in [0.05, 0.1) is 21.5 Å². The molecule has 1 fully saturated rings. The van der Waals surface area contributed by atoms with Crippen LogP contribution in [0.2, 0.25) is 0 Å². The second-order valence-corrected chi connectivity index (χ2v) is 9.90. The molecule has 36 heavy (non-hydrogen) atoms. The van der Waals surface area contributed by atoms with Gasteiger partial charge in [-0.15, -0.1) is 11.3 Å². The Labute approximate surface area is 209 Å². The van der Waals surface area contributed by atoms with E-state index in [2.05, 4.69) is 20.6 Å². The van der Waals surface area contributed by atoms with Crippen LogP contribution in [0.25, 0.3) is 20.8 Å². The van der Waals surface area contributed by atoms with Crippen molar-refractivity contribution >= 4 is 33.3 Å². The van der Waals surface area contributed by atoms with Gasteiger partial charge in [0, 0.05) is 24.6 Å². The molecule has 3 atom stereocenters. The molecule has 0 amide bonds. The van der Waals surface area contributed by atoms with Crippen LogP contribution in [0.3, 0.4) is 0 Å². The summed E-state index contributed by atoms with van der Waals surface area (Å²) in [5, 5.41) is 37.9. The molecule has 2 heterocycles. The summed E-state index contributed by atoms with van der Waals surface area (Å²) in [6.45, 7) is 1.28. The molecule has 5 rings (SSSR count). The third-order valence-electron chi connectivity index (χ3n) is 6.48. The summed E-state index contributed by atoms with van der Waals surface area (Å²) in [7, 11) is 0. The molecule has 2 aromatic carbocycles. The van der Waals surface area contributed by atoms with Crippen molar-refractivity contribution in [2.45, 2.75) is 38.1 Å². The summed E-state index contributed by atoms with van der Waals surface area (Å²) in [6.07, 6.45) is -0.630. The van der Waals surface area contributed by atoms with Crippen molar-refractivity contribution in [3.05, 3.63) is 65.4 Å². The number of anilines is 2. The number of aliphatic hydroxyl groups is 3. The number of aromatic nitrogens is 3. The zero-order valence-electron chi connectivity index (χ0n) is 19.4. The van der Waals surface area contributed by atoms with Gasteiger partial charge < -0.3 is 26.0 Å². The Morgan fingerprint density at radius 2 is 1.83 bits per heavy atom. The van der Waals surface area contributed by atoms with Gasteiger partial charge in [-0.3, -0.25) is 0 Å². The van der Waals surface area contributed by atoms with Crippen LogP contribution >= 0.6 is 11.3 Å². The number of nitrogens with one attached hydrogen (secondary N) is 2. The largest absolute Gasteiger partial charge is 0.396 e. The van der Waals surface area contributed by atoms with E-state index < -0.39 is 29.4 Å². The van der Waals surface area contributed by atoms with E-state index in [1.807, 2.05) is 24.3 Å². The van der Waals surface area contributed by atoms with Gasteiger partial charge in [-0.05, 0) is 44.0 Å². The van der Waals surface area contributed by atoms with Gasteiger partial charge in [-0.2, -0.15) is 4.98 Å². The molecule has 0 aliphatic heterocycles. The molecular formula is C25H25F2N5O3S. The number of thiazole rings is 1. The molecule has 188 valence electrons. The van der Waals surface area contributed by atoms with Crippen LogP contribution in [-0.4, -0.2) is 48.7 Å². The number of rotatable bonds is 7. The number of halogens is 2. The van der Waals surface area contributed by atoms with Crippen LogP contribution in [0, 0.1) is 24.5 Å². The second-order valence-electron chi connectivity index (χ2n) is 8.87. The molecule has 4 aromatic rings. The van der Waals surface area contributed by atoms with Gasteiger partial charge in [0.25, 0.3) is 0 Å². The van der Waals surface area contributed by atoms with E-state index in [-0.39, 0.29) is 36.9 Å². The number of hydrogen-bond donors (Lipinski definition) is 5. The van der Waals surface area contributed by atoms with Gasteiger partial charge in [-0.1, -0.05) is 18.2 Å². The average Bonchev–Trinajstić information content (AvgIpc) is 3.39. The zero-order chi connectivity index (χ0) is 25.4. The van der Waals surface area contributed by atoms with Gasteiger partial charge in [-0.25, -0.2) is 18.7 Å². The normalized spacial score (nSPS) is 21.7. The topological polar surface area (TPSA) is 123 Å². The Hall–Kier alpha value is -3.25. The molecule has 2 aromatic heterocycles. The first kappa shape index (κ1) is 24.4. The van der Waals surface area contributed by atoms with Crippen molar-refractivity contribution in [3.63, 3.8) is 0 Å². The molecule has 1 aliphatic rings. The zero-order valence-corrected chi connectivity index (χ0v) is 20.2. The SMILES string of the molecule is Cc1nc(NCc2c(F)cccc2F)nc(NC2(O)CCC(CO)C2O)c1-c1nc2ccccc2s1. The van der Waals surface area contributed by atoms with Gasteiger partial charge in [0.1, 0.15) is 28.6 Å². The molecule has 8 nitrogen and oxygen atoms in total. The quantitative estimate of drug-likeness (QED) is 0.237. The molecule has 0 radical (unpaired) electrons. The smallest absolute Gasteiger partial charge is 0.225 e. The summed E-state index contributed by atoms with van der Waals surface area (Å²) in [5.41, 5.74) is -0.0573. The maximum Gasteiger partial charge on any atom is 0.225 e. The minimum Gasteiger partial charge on any atom is -0.396 e. The minimum atomic E-state index is -1.74. The molecule has 0 saturated heterocycles. The summed E-state index contributed by atoms with van der Waals surface area (Å²) >= 11 is 1.43. The first-order chi connectivity index (χ1) is 17.3. The standard InChI is InChI=1S/C25H25F2N5O3S/c1-13-20(23-30-18-7-2-3-8-19(18)36-23)22(32-25(35)10-9-14(12-33)21(25)34)31-24(29-13)28-11-15-16(26)5-4-6-17(15)27/h2-8,14,21,33-35H,9-12H2,1H3,(H2,28,29,31,32). The van der Waals surface area contributed by atoms with Gasteiger partial charge in [0.15, 0.2) is 5.72 Å². The van der Waals surface area contributed by atoms with Crippen LogP contribution in [0.4, 0.5) is 20.5 Å². The minimum absolute atomic E-state index is 0.0808. The van der Waals surface area contributed by atoms with Crippen LogP contribution < -0.4 is 10.6 Å². The van der Waals surface area contributed by atoms with E-state index in [0.29, 0.717) is 22.7 Å². The van der Waals surface area contributed by atoms with Crippen LogP contribution in [0.1, 0.15) is 24.1 Å². The number of aliphatic hydroxyl groups excluding tert-OH is 2. The molecule has 0 spiro atoms.